The highest BCUT2D eigenvalue weighted by molar-refractivity contribution is 9.09. The predicted molar refractivity (Wildman–Crippen MR) is 50.5 cm³/mol. The van der Waals surface area contributed by atoms with Crippen LogP contribution < -0.4 is 0 Å². The van der Waals surface area contributed by atoms with E-state index in [1.54, 1.807) is 0 Å². The molecule has 0 aromatic heterocycles. The van der Waals surface area contributed by atoms with E-state index in [-0.39, 0.29) is 6.61 Å². The Hall–Kier alpha value is -0.840. The molecule has 13 heavy (non-hydrogen) atoms. The lowest BCUT2D eigenvalue weighted by Gasteiger charge is -2.10. The molecule has 0 fully saturated rings. The van der Waals surface area contributed by atoms with E-state index in [0.717, 1.165) is 6.08 Å². The molecule has 1 atom stereocenters. The average molecular weight is 251 g/mol. The van der Waals surface area contributed by atoms with Crippen LogP contribution in [-0.2, 0) is 19.1 Å². The summed E-state index contributed by atoms with van der Waals surface area (Å²) in [6.45, 7) is 4.90. The molecule has 0 heterocycles. The molecule has 1 unspecified atom stereocenters. The van der Waals surface area contributed by atoms with Crippen LogP contribution in [0.3, 0.4) is 0 Å². The first-order valence-corrected chi connectivity index (χ1v) is 4.79. The van der Waals surface area contributed by atoms with Gasteiger partial charge in [0.15, 0.2) is 6.10 Å². The second-order valence-electron chi connectivity index (χ2n) is 2.14. The SMILES string of the molecule is C=CC(=O)OC(C)C(=O)OCCBr. The molecule has 0 aliphatic rings. The molecule has 0 aliphatic heterocycles. The summed E-state index contributed by atoms with van der Waals surface area (Å²) in [5.41, 5.74) is 0. The van der Waals surface area contributed by atoms with E-state index in [1.165, 1.54) is 6.92 Å². The van der Waals surface area contributed by atoms with Gasteiger partial charge in [0.05, 0.1) is 0 Å². The molecule has 0 N–H and O–H groups in total. The van der Waals surface area contributed by atoms with Gasteiger partial charge in [0.1, 0.15) is 6.61 Å². The number of hydrogen-bond acceptors (Lipinski definition) is 4. The van der Waals surface area contributed by atoms with Crippen LogP contribution in [0.2, 0.25) is 0 Å². The summed E-state index contributed by atoms with van der Waals surface area (Å²) >= 11 is 3.09. The number of ether oxygens (including phenoxy) is 2. The molecule has 0 aromatic carbocycles. The van der Waals surface area contributed by atoms with Crippen molar-refractivity contribution in [3.63, 3.8) is 0 Å². The predicted octanol–water partition coefficient (Wildman–Crippen LogP) is 1.04. The first-order valence-electron chi connectivity index (χ1n) is 3.67. The zero-order chi connectivity index (χ0) is 10.3. The Bertz CT molecular complexity index is 202. The number of hydrogen-bond donors (Lipinski definition) is 0. The molecule has 0 bridgehead atoms. The van der Waals surface area contributed by atoms with E-state index in [4.69, 9.17) is 4.74 Å². The van der Waals surface area contributed by atoms with E-state index < -0.39 is 18.0 Å². The van der Waals surface area contributed by atoms with Crippen molar-refractivity contribution in [3.8, 4) is 0 Å². The third-order valence-electron chi connectivity index (χ3n) is 1.11. The normalized spacial score (nSPS) is 11.5. The standard InChI is InChI=1S/C8H11BrO4/c1-3-7(10)13-6(2)8(11)12-5-4-9/h3,6H,1,4-5H2,2H3. The maximum Gasteiger partial charge on any atom is 0.347 e. The average Bonchev–Trinajstić information content (AvgIpc) is 2.13. The summed E-state index contributed by atoms with van der Waals surface area (Å²) in [5, 5.41) is 0.556. The van der Waals surface area contributed by atoms with Crippen LogP contribution in [0.4, 0.5) is 0 Å². The zero-order valence-electron chi connectivity index (χ0n) is 7.29. The monoisotopic (exact) mass is 250 g/mol. The van der Waals surface area contributed by atoms with E-state index in [1.807, 2.05) is 0 Å². The van der Waals surface area contributed by atoms with Gasteiger partial charge in [-0.15, -0.1) is 0 Å². The van der Waals surface area contributed by atoms with Gasteiger partial charge >= 0.3 is 11.9 Å². The minimum absolute atomic E-state index is 0.259. The fourth-order valence-electron chi connectivity index (χ4n) is 0.527. The topological polar surface area (TPSA) is 52.6 Å². The van der Waals surface area contributed by atoms with Crippen LogP contribution in [-0.4, -0.2) is 30.0 Å². The summed E-state index contributed by atoms with van der Waals surface area (Å²) in [4.78, 5) is 21.6. The second-order valence-corrected chi connectivity index (χ2v) is 2.93. The zero-order valence-corrected chi connectivity index (χ0v) is 8.87. The van der Waals surface area contributed by atoms with Gasteiger partial charge in [-0.25, -0.2) is 9.59 Å². The van der Waals surface area contributed by atoms with E-state index in [2.05, 4.69) is 27.2 Å². The fraction of sp³-hybridized carbons (Fsp3) is 0.500. The van der Waals surface area contributed by atoms with Gasteiger partial charge in [0.2, 0.25) is 0 Å². The Morgan fingerprint density at radius 3 is 2.69 bits per heavy atom. The van der Waals surface area contributed by atoms with Crippen molar-refractivity contribution < 1.29 is 19.1 Å². The van der Waals surface area contributed by atoms with Crippen molar-refractivity contribution in [2.75, 3.05) is 11.9 Å². The highest BCUT2D eigenvalue weighted by atomic mass is 79.9. The Morgan fingerprint density at radius 1 is 1.62 bits per heavy atom. The van der Waals surface area contributed by atoms with Crippen LogP contribution in [0, 0.1) is 0 Å². The van der Waals surface area contributed by atoms with Crippen LogP contribution >= 0.6 is 15.9 Å². The van der Waals surface area contributed by atoms with Crippen LogP contribution in [0.15, 0.2) is 12.7 Å². The molecule has 0 aromatic rings. The van der Waals surface area contributed by atoms with Gasteiger partial charge in [-0.1, -0.05) is 22.5 Å². The Kier molecular flexibility index (Phi) is 6.22. The van der Waals surface area contributed by atoms with E-state index >= 15 is 0 Å². The van der Waals surface area contributed by atoms with Gasteiger partial charge in [-0.3, -0.25) is 0 Å². The van der Waals surface area contributed by atoms with Crippen molar-refractivity contribution in [3.05, 3.63) is 12.7 Å². The quantitative estimate of drug-likeness (QED) is 0.416. The van der Waals surface area contributed by atoms with Crippen molar-refractivity contribution in [2.24, 2.45) is 0 Å². The summed E-state index contributed by atoms with van der Waals surface area (Å²) < 4.78 is 9.31. The first-order chi connectivity index (χ1) is 6.11. The number of carbonyl (C=O) groups excluding carboxylic acids is 2. The molecule has 0 saturated carbocycles. The lowest BCUT2D eigenvalue weighted by Crippen LogP contribution is -2.26. The smallest absolute Gasteiger partial charge is 0.347 e. The molecular formula is C8H11BrO4. The summed E-state index contributed by atoms with van der Waals surface area (Å²) in [6, 6.07) is 0. The second kappa shape index (κ2) is 6.65. The molecule has 0 rings (SSSR count). The number of alkyl halides is 1. The number of rotatable bonds is 5. The molecule has 0 spiro atoms. The van der Waals surface area contributed by atoms with E-state index in [9.17, 15) is 9.59 Å². The van der Waals surface area contributed by atoms with Crippen molar-refractivity contribution in [1.82, 2.24) is 0 Å². The molecule has 0 aliphatic carbocycles. The summed E-state index contributed by atoms with van der Waals surface area (Å²) in [5.74, 6) is -1.20. The van der Waals surface area contributed by atoms with Crippen LogP contribution in [0.1, 0.15) is 6.92 Å². The minimum atomic E-state index is -0.885. The van der Waals surface area contributed by atoms with Gasteiger partial charge in [-0.05, 0) is 6.92 Å². The van der Waals surface area contributed by atoms with Gasteiger partial charge < -0.3 is 9.47 Å². The van der Waals surface area contributed by atoms with Crippen LogP contribution in [0.25, 0.3) is 0 Å². The molecule has 0 radical (unpaired) electrons. The van der Waals surface area contributed by atoms with Crippen molar-refractivity contribution >= 4 is 27.9 Å². The molecule has 0 saturated heterocycles. The number of esters is 2. The molecular weight excluding hydrogens is 240 g/mol. The maximum atomic E-state index is 11.0. The fourth-order valence-corrected chi connectivity index (χ4v) is 0.689. The molecule has 0 amide bonds. The highest BCUT2D eigenvalue weighted by Crippen LogP contribution is 1.96. The number of carbonyl (C=O) groups is 2. The maximum absolute atomic E-state index is 11.0. The van der Waals surface area contributed by atoms with Gasteiger partial charge in [-0.2, -0.15) is 0 Å². The Balaban J connectivity index is 3.81. The third kappa shape index (κ3) is 5.41. The molecule has 5 heteroatoms. The highest BCUT2D eigenvalue weighted by Gasteiger charge is 2.17. The van der Waals surface area contributed by atoms with E-state index in [0.29, 0.717) is 5.33 Å². The lowest BCUT2D eigenvalue weighted by atomic mass is 10.4. The third-order valence-corrected chi connectivity index (χ3v) is 1.44. The Labute approximate surface area is 85.0 Å². The van der Waals surface area contributed by atoms with Gasteiger partial charge in [0.25, 0.3) is 0 Å². The Morgan fingerprint density at radius 2 is 2.23 bits per heavy atom. The number of halogens is 1. The van der Waals surface area contributed by atoms with Crippen molar-refractivity contribution in [2.45, 2.75) is 13.0 Å². The first kappa shape index (κ1) is 12.2. The largest absolute Gasteiger partial charge is 0.462 e. The van der Waals surface area contributed by atoms with Crippen LogP contribution in [0.5, 0.6) is 0 Å². The lowest BCUT2D eigenvalue weighted by molar-refractivity contribution is -0.163. The molecule has 74 valence electrons. The summed E-state index contributed by atoms with van der Waals surface area (Å²) in [7, 11) is 0. The molecule has 4 nitrogen and oxygen atoms in total. The van der Waals surface area contributed by atoms with Gasteiger partial charge in [0, 0.05) is 11.4 Å². The van der Waals surface area contributed by atoms with Crippen molar-refractivity contribution in [1.29, 1.82) is 0 Å². The minimum Gasteiger partial charge on any atom is -0.462 e. The summed E-state index contributed by atoms with van der Waals surface area (Å²) in [6.07, 6.45) is 0.110.